The Kier molecular flexibility index (Phi) is 3.83. The highest BCUT2D eigenvalue weighted by molar-refractivity contribution is 5.94. The third kappa shape index (κ3) is 2.74. The Bertz CT molecular complexity index is 563. The van der Waals surface area contributed by atoms with E-state index < -0.39 is 0 Å². The standard InChI is InChI=1S/C17H22N2O2/c1-18(2)17(20)13-6-4-12(5-7-13)14-8-15-10-21-11-16(9-14)19(15)3/h4-8,15-16H,9-11H2,1-3H3. The van der Waals surface area contributed by atoms with Crippen LogP contribution in [0.3, 0.4) is 0 Å². The number of hydrogen-bond acceptors (Lipinski definition) is 3. The first kappa shape index (κ1) is 14.3. The summed E-state index contributed by atoms with van der Waals surface area (Å²) in [6.07, 6.45) is 3.31. The second-order valence-electron chi connectivity index (χ2n) is 6.10. The van der Waals surface area contributed by atoms with Crippen LogP contribution in [0.1, 0.15) is 22.3 Å². The normalized spacial score (nSPS) is 25.4. The van der Waals surface area contributed by atoms with E-state index in [1.54, 1.807) is 19.0 Å². The van der Waals surface area contributed by atoms with Crippen molar-refractivity contribution in [1.29, 1.82) is 0 Å². The summed E-state index contributed by atoms with van der Waals surface area (Å²) in [6.45, 7) is 1.58. The fourth-order valence-corrected chi connectivity index (χ4v) is 3.05. The monoisotopic (exact) mass is 286 g/mol. The maximum absolute atomic E-state index is 11.9. The average Bonchev–Trinajstić information content (AvgIpc) is 2.46. The summed E-state index contributed by atoms with van der Waals surface area (Å²) in [5, 5.41) is 0. The van der Waals surface area contributed by atoms with Gasteiger partial charge in [0.15, 0.2) is 0 Å². The molecule has 1 saturated heterocycles. The third-order valence-corrected chi connectivity index (χ3v) is 4.46. The molecule has 21 heavy (non-hydrogen) atoms. The summed E-state index contributed by atoms with van der Waals surface area (Å²) in [7, 11) is 5.72. The van der Waals surface area contributed by atoms with Gasteiger partial charge in [0.2, 0.25) is 0 Å². The van der Waals surface area contributed by atoms with Gasteiger partial charge in [-0.2, -0.15) is 0 Å². The Morgan fingerprint density at radius 2 is 1.95 bits per heavy atom. The number of rotatable bonds is 2. The first-order chi connectivity index (χ1) is 10.1. The molecule has 3 rings (SSSR count). The topological polar surface area (TPSA) is 32.8 Å². The maximum Gasteiger partial charge on any atom is 0.253 e. The largest absolute Gasteiger partial charge is 0.378 e. The molecule has 0 radical (unpaired) electrons. The zero-order valence-electron chi connectivity index (χ0n) is 12.9. The van der Waals surface area contributed by atoms with Crippen LogP contribution < -0.4 is 0 Å². The molecule has 2 aliphatic rings. The number of morpholine rings is 1. The molecule has 2 bridgehead atoms. The first-order valence-electron chi connectivity index (χ1n) is 7.38. The predicted octanol–water partition coefficient (Wildman–Crippen LogP) is 1.87. The van der Waals surface area contributed by atoms with Gasteiger partial charge >= 0.3 is 0 Å². The molecule has 2 atom stereocenters. The second kappa shape index (κ2) is 5.62. The molecule has 2 aliphatic heterocycles. The van der Waals surface area contributed by atoms with Gasteiger partial charge in [0.25, 0.3) is 5.91 Å². The van der Waals surface area contributed by atoms with Crippen molar-refractivity contribution in [2.45, 2.75) is 18.5 Å². The Balaban J connectivity index is 1.83. The summed E-state index contributed by atoms with van der Waals surface area (Å²) in [6, 6.07) is 8.80. The quantitative estimate of drug-likeness (QED) is 0.832. The van der Waals surface area contributed by atoms with Crippen molar-refractivity contribution in [2.75, 3.05) is 34.4 Å². The van der Waals surface area contributed by atoms with Crippen LogP contribution >= 0.6 is 0 Å². The number of ether oxygens (including phenoxy) is 1. The van der Waals surface area contributed by atoms with E-state index in [0.717, 1.165) is 25.2 Å². The lowest BCUT2D eigenvalue weighted by molar-refractivity contribution is -0.0221. The second-order valence-corrected chi connectivity index (χ2v) is 6.10. The van der Waals surface area contributed by atoms with Gasteiger partial charge in [-0.05, 0) is 36.7 Å². The van der Waals surface area contributed by atoms with E-state index in [1.807, 2.05) is 12.1 Å². The molecule has 1 aromatic carbocycles. The lowest BCUT2D eigenvalue weighted by Crippen LogP contribution is -2.51. The Labute approximate surface area is 126 Å². The van der Waals surface area contributed by atoms with Gasteiger partial charge in [-0.3, -0.25) is 9.69 Å². The van der Waals surface area contributed by atoms with E-state index in [4.69, 9.17) is 4.74 Å². The number of carbonyl (C=O) groups excluding carboxylic acids is 1. The van der Waals surface area contributed by atoms with Gasteiger partial charge in [-0.1, -0.05) is 18.2 Å². The number of hydrogen-bond donors (Lipinski definition) is 0. The molecule has 1 amide bonds. The zero-order valence-corrected chi connectivity index (χ0v) is 12.9. The van der Waals surface area contributed by atoms with E-state index >= 15 is 0 Å². The van der Waals surface area contributed by atoms with Gasteiger partial charge in [-0.15, -0.1) is 0 Å². The van der Waals surface area contributed by atoms with Crippen molar-refractivity contribution in [3.63, 3.8) is 0 Å². The Morgan fingerprint density at radius 3 is 2.57 bits per heavy atom. The zero-order chi connectivity index (χ0) is 15.0. The highest BCUT2D eigenvalue weighted by atomic mass is 16.5. The summed E-state index contributed by atoms with van der Waals surface area (Å²) < 4.78 is 5.63. The number of likely N-dealkylation sites (N-methyl/N-ethyl adjacent to an activating group) is 1. The van der Waals surface area contributed by atoms with E-state index in [1.165, 1.54) is 11.1 Å². The predicted molar refractivity (Wildman–Crippen MR) is 83.2 cm³/mol. The first-order valence-corrected chi connectivity index (χ1v) is 7.38. The van der Waals surface area contributed by atoms with Gasteiger partial charge in [-0.25, -0.2) is 0 Å². The fourth-order valence-electron chi connectivity index (χ4n) is 3.05. The van der Waals surface area contributed by atoms with E-state index in [-0.39, 0.29) is 5.91 Å². The highest BCUT2D eigenvalue weighted by Gasteiger charge is 2.32. The molecule has 0 aliphatic carbocycles. The van der Waals surface area contributed by atoms with Crippen LogP contribution in [-0.2, 0) is 4.74 Å². The minimum atomic E-state index is 0.0455. The summed E-state index contributed by atoms with van der Waals surface area (Å²) in [5.41, 5.74) is 3.33. The van der Waals surface area contributed by atoms with Crippen LogP contribution in [0.15, 0.2) is 30.3 Å². The number of carbonyl (C=O) groups is 1. The molecule has 1 fully saturated rings. The SMILES string of the molecule is CN(C)C(=O)c1ccc(C2=CC3COCC(C2)N3C)cc1. The van der Waals surface area contributed by atoms with Gasteiger partial charge in [0, 0.05) is 25.7 Å². The summed E-state index contributed by atoms with van der Waals surface area (Å²) in [5.74, 6) is 0.0455. The molecule has 1 aromatic rings. The Morgan fingerprint density at radius 1 is 1.24 bits per heavy atom. The van der Waals surface area contributed by atoms with Crippen LogP contribution in [0, 0.1) is 0 Å². The molecule has 2 unspecified atom stereocenters. The molecule has 4 nitrogen and oxygen atoms in total. The van der Waals surface area contributed by atoms with Crippen molar-refractivity contribution in [3.8, 4) is 0 Å². The minimum Gasteiger partial charge on any atom is -0.378 e. The van der Waals surface area contributed by atoms with E-state index in [2.05, 4.69) is 30.2 Å². The lowest BCUT2D eigenvalue weighted by atomic mass is 9.90. The van der Waals surface area contributed by atoms with Crippen molar-refractivity contribution in [3.05, 3.63) is 41.5 Å². The lowest BCUT2D eigenvalue weighted by Gasteiger charge is -2.42. The van der Waals surface area contributed by atoms with Crippen LogP contribution in [-0.4, -0.2) is 62.1 Å². The van der Waals surface area contributed by atoms with Crippen molar-refractivity contribution in [2.24, 2.45) is 0 Å². The van der Waals surface area contributed by atoms with Gasteiger partial charge in [0.1, 0.15) is 0 Å². The summed E-state index contributed by atoms with van der Waals surface area (Å²) >= 11 is 0. The van der Waals surface area contributed by atoms with Crippen molar-refractivity contribution < 1.29 is 9.53 Å². The van der Waals surface area contributed by atoms with Crippen molar-refractivity contribution in [1.82, 2.24) is 9.80 Å². The average molecular weight is 286 g/mol. The van der Waals surface area contributed by atoms with E-state index in [0.29, 0.717) is 12.1 Å². The maximum atomic E-state index is 11.9. The minimum absolute atomic E-state index is 0.0455. The smallest absolute Gasteiger partial charge is 0.253 e. The van der Waals surface area contributed by atoms with E-state index in [9.17, 15) is 4.79 Å². The molecular weight excluding hydrogens is 264 g/mol. The molecule has 0 N–H and O–H groups in total. The molecule has 4 heteroatoms. The molecule has 112 valence electrons. The van der Waals surface area contributed by atoms with Crippen molar-refractivity contribution >= 4 is 11.5 Å². The number of amides is 1. The third-order valence-electron chi connectivity index (χ3n) is 4.46. The molecular formula is C17H22N2O2. The summed E-state index contributed by atoms with van der Waals surface area (Å²) in [4.78, 5) is 15.9. The van der Waals surface area contributed by atoms with Crippen LogP contribution in [0.5, 0.6) is 0 Å². The number of benzene rings is 1. The highest BCUT2D eigenvalue weighted by Crippen LogP contribution is 2.31. The number of nitrogens with zero attached hydrogens (tertiary/aromatic N) is 2. The fraction of sp³-hybridized carbons (Fsp3) is 0.471. The number of fused-ring (bicyclic) bond motifs is 2. The molecule has 0 spiro atoms. The van der Waals surface area contributed by atoms with Crippen LogP contribution in [0.25, 0.3) is 5.57 Å². The molecule has 2 heterocycles. The Hall–Kier alpha value is -1.65. The van der Waals surface area contributed by atoms with Gasteiger partial charge in [0.05, 0.1) is 19.3 Å². The van der Waals surface area contributed by atoms with Crippen LogP contribution in [0.4, 0.5) is 0 Å². The molecule has 0 saturated carbocycles. The van der Waals surface area contributed by atoms with Gasteiger partial charge < -0.3 is 9.64 Å². The molecule has 0 aromatic heterocycles. The van der Waals surface area contributed by atoms with Crippen LogP contribution in [0.2, 0.25) is 0 Å².